The SMILES string of the molecule is C/C(=C\c1ccccc1)C(=O)NCC1(CO)CCCCC1. The van der Waals surface area contributed by atoms with Gasteiger partial charge in [0, 0.05) is 17.5 Å². The van der Waals surface area contributed by atoms with Crippen molar-refractivity contribution >= 4 is 12.0 Å². The Morgan fingerprint density at radius 2 is 1.90 bits per heavy atom. The lowest BCUT2D eigenvalue weighted by atomic mass is 9.74. The quantitative estimate of drug-likeness (QED) is 0.817. The molecular formula is C18H25NO2. The number of rotatable bonds is 5. The highest BCUT2D eigenvalue weighted by molar-refractivity contribution is 5.97. The van der Waals surface area contributed by atoms with Gasteiger partial charge in [0.1, 0.15) is 0 Å². The molecule has 1 fully saturated rings. The van der Waals surface area contributed by atoms with E-state index in [0.717, 1.165) is 31.2 Å². The molecule has 0 saturated heterocycles. The number of aliphatic hydroxyl groups excluding tert-OH is 1. The normalized spacial score (nSPS) is 18.3. The average Bonchev–Trinajstić information content (AvgIpc) is 2.54. The number of hydrogen-bond donors (Lipinski definition) is 2. The Morgan fingerprint density at radius 1 is 1.24 bits per heavy atom. The van der Waals surface area contributed by atoms with Crippen LogP contribution in [0.2, 0.25) is 0 Å². The van der Waals surface area contributed by atoms with Crippen LogP contribution in [-0.4, -0.2) is 24.2 Å². The van der Waals surface area contributed by atoms with E-state index in [-0.39, 0.29) is 17.9 Å². The summed E-state index contributed by atoms with van der Waals surface area (Å²) in [5, 5.41) is 12.7. The van der Waals surface area contributed by atoms with Gasteiger partial charge in [0.05, 0.1) is 6.61 Å². The van der Waals surface area contributed by atoms with E-state index in [2.05, 4.69) is 5.32 Å². The molecule has 1 aromatic rings. The Labute approximate surface area is 127 Å². The molecule has 1 aliphatic carbocycles. The first kappa shape index (κ1) is 15.8. The summed E-state index contributed by atoms with van der Waals surface area (Å²) >= 11 is 0. The zero-order chi connectivity index (χ0) is 15.1. The van der Waals surface area contributed by atoms with Gasteiger partial charge in [-0.15, -0.1) is 0 Å². The minimum absolute atomic E-state index is 0.0442. The van der Waals surface area contributed by atoms with Crippen LogP contribution >= 0.6 is 0 Å². The number of amides is 1. The van der Waals surface area contributed by atoms with Gasteiger partial charge in [-0.1, -0.05) is 49.6 Å². The Kier molecular flexibility index (Phi) is 5.57. The number of aliphatic hydroxyl groups is 1. The van der Waals surface area contributed by atoms with E-state index in [4.69, 9.17) is 0 Å². The first-order valence-electron chi connectivity index (χ1n) is 7.78. The molecule has 3 heteroatoms. The van der Waals surface area contributed by atoms with Gasteiger partial charge in [-0.05, 0) is 31.4 Å². The first-order valence-corrected chi connectivity index (χ1v) is 7.78. The van der Waals surface area contributed by atoms with Crippen molar-refractivity contribution in [2.75, 3.05) is 13.2 Å². The van der Waals surface area contributed by atoms with Gasteiger partial charge in [-0.25, -0.2) is 0 Å². The second-order valence-electron chi connectivity index (χ2n) is 6.14. The van der Waals surface area contributed by atoms with E-state index >= 15 is 0 Å². The maximum Gasteiger partial charge on any atom is 0.246 e. The topological polar surface area (TPSA) is 49.3 Å². The van der Waals surface area contributed by atoms with Crippen LogP contribution < -0.4 is 5.32 Å². The molecule has 3 nitrogen and oxygen atoms in total. The minimum atomic E-state index is -0.110. The van der Waals surface area contributed by atoms with E-state index in [1.54, 1.807) is 0 Å². The molecule has 1 aromatic carbocycles. The van der Waals surface area contributed by atoms with E-state index in [9.17, 15) is 9.90 Å². The summed E-state index contributed by atoms with van der Waals surface area (Å²) in [6.45, 7) is 2.56. The highest BCUT2D eigenvalue weighted by Crippen LogP contribution is 2.35. The van der Waals surface area contributed by atoms with Crippen LogP contribution in [0.25, 0.3) is 6.08 Å². The largest absolute Gasteiger partial charge is 0.396 e. The molecule has 2 rings (SSSR count). The van der Waals surface area contributed by atoms with Crippen LogP contribution in [-0.2, 0) is 4.79 Å². The molecule has 0 aromatic heterocycles. The van der Waals surface area contributed by atoms with Crippen molar-refractivity contribution in [2.24, 2.45) is 5.41 Å². The molecule has 0 aliphatic heterocycles. The highest BCUT2D eigenvalue weighted by Gasteiger charge is 2.31. The second kappa shape index (κ2) is 7.41. The third-order valence-electron chi connectivity index (χ3n) is 4.41. The van der Waals surface area contributed by atoms with Gasteiger partial charge >= 0.3 is 0 Å². The van der Waals surface area contributed by atoms with Crippen molar-refractivity contribution < 1.29 is 9.90 Å². The Hall–Kier alpha value is -1.61. The molecule has 21 heavy (non-hydrogen) atoms. The first-order chi connectivity index (χ1) is 10.2. The van der Waals surface area contributed by atoms with Crippen LogP contribution in [0.1, 0.15) is 44.6 Å². The van der Waals surface area contributed by atoms with Crippen molar-refractivity contribution in [3.8, 4) is 0 Å². The Balaban J connectivity index is 1.93. The predicted octanol–water partition coefficient (Wildman–Crippen LogP) is 3.15. The van der Waals surface area contributed by atoms with Crippen molar-refractivity contribution in [2.45, 2.75) is 39.0 Å². The number of carbonyl (C=O) groups excluding carboxylic acids is 1. The van der Waals surface area contributed by atoms with E-state index in [1.165, 1.54) is 6.42 Å². The summed E-state index contributed by atoms with van der Waals surface area (Å²) < 4.78 is 0. The summed E-state index contributed by atoms with van der Waals surface area (Å²) in [4.78, 5) is 12.2. The zero-order valence-corrected chi connectivity index (χ0v) is 12.8. The third kappa shape index (κ3) is 4.43. The molecule has 0 bridgehead atoms. The van der Waals surface area contributed by atoms with E-state index in [0.29, 0.717) is 12.1 Å². The standard InChI is InChI=1S/C18H25NO2/c1-15(12-16-8-4-2-5-9-16)17(21)19-13-18(14-20)10-6-3-7-11-18/h2,4-5,8-9,12,20H,3,6-7,10-11,13-14H2,1H3,(H,19,21)/b15-12+. The molecule has 0 unspecified atom stereocenters. The second-order valence-corrected chi connectivity index (χ2v) is 6.14. The van der Waals surface area contributed by atoms with Gasteiger partial charge in [0.15, 0.2) is 0 Å². The number of nitrogens with one attached hydrogen (secondary N) is 1. The summed E-state index contributed by atoms with van der Waals surface area (Å²) in [6, 6.07) is 9.83. The number of carbonyl (C=O) groups is 1. The maximum absolute atomic E-state index is 12.2. The van der Waals surface area contributed by atoms with Crippen LogP contribution in [0.5, 0.6) is 0 Å². The molecule has 1 aliphatic rings. The monoisotopic (exact) mass is 287 g/mol. The van der Waals surface area contributed by atoms with Crippen molar-refractivity contribution in [3.63, 3.8) is 0 Å². The summed E-state index contributed by atoms with van der Waals surface area (Å²) in [5.41, 5.74) is 1.62. The number of hydrogen-bond acceptors (Lipinski definition) is 2. The molecule has 1 amide bonds. The predicted molar refractivity (Wildman–Crippen MR) is 85.7 cm³/mol. The van der Waals surface area contributed by atoms with E-state index < -0.39 is 0 Å². The highest BCUT2D eigenvalue weighted by atomic mass is 16.3. The molecule has 0 radical (unpaired) electrons. The third-order valence-corrected chi connectivity index (χ3v) is 4.41. The molecule has 0 heterocycles. The lowest BCUT2D eigenvalue weighted by Crippen LogP contribution is -2.41. The maximum atomic E-state index is 12.2. The summed E-state index contributed by atoms with van der Waals surface area (Å²) in [5.74, 6) is -0.0442. The molecule has 2 N–H and O–H groups in total. The fraction of sp³-hybridized carbons (Fsp3) is 0.500. The smallest absolute Gasteiger partial charge is 0.246 e. The number of benzene rings is 1. The molecule has 114 valence electrons. The summed E-state index contributed by atoms with van der Waals surface area (Å²) in [6.07, 6.45) is 7.44. The lowest BCUT2D eigenvalue weighted by Gasteiger charge is -2.35. The van der Waals surface area contributed by atoms with Crippen molar-refractivity contribution in [1.29, 1.82) is 0 Å². The summed E-state index contributed by atoms with van der Waals surface area (Å²) in [7, 11) is 0. The van der Waals surface area contributed by atoms with Crippen LogP contribution in [0, 0.1) is 5.41 Å². The van der Waals surface area contributed by atoms with Gasteiger partial charge in [-0.3, -0.25) is 4.79 Å². The zero-order valence-electron chi connectivity index (χ0n) is 12.8. The minimum Gasteiger partial charge on any atom is -0.396 e. The van der Waals surface area contributed by atoms with Gasteiger partial charge in [0.2, 0.25) is 5.91 Å². The van der Waals surface area contributed by atoms with Gasteiger partial charge in [-0.2, -0.15) is 0 Å². The lowest BCUT2D eigenvalue weighted by molar-refractivity contribution is -0.118. The molecular weight excluding hydrogens is 262 g/mol. The van der Waals surface area contributed by atoms with Crippen LogP contribution in [0.15, 0.2) is 35.9 Å². The molecule has 1 saturated carbocycles. The fourth-order valence-electron chi connectivity index (χ4n) is 2.96. The van der Waals surface area contributed by atoms with Gasteiger partial charge < -0.3 is 10.4 Å². The van der Waals surface area contributed by atoms with Crippen LogP contribution in [0.3, 0.4) is 0 Å². The Bertz CT molecular complexity index is 487. The molecule has 0 spiro atoms. The van der Waals surface area contributed by atoms with Gasteiger partial charge in [0.25, 0.3) is 0 Å². The van der Waals surface area contributed by atoms with E-state index in [1.807, 2.05) is 43.3 Å². The van der Waals surface area contributed by atoms with Crippen LogP contribution in [0.4, 0.5) is 0 Å². The van der Waals surface area contributed by atoms with Crippen molar-refractivity contribution in [3.05, 3.63) is 41.5 Å². The fourth-order valence-corrected chi connectivity index (χ4v) is 2.96. The average molecular weight is 287 g/mol. The van der Waals surface area contributed by atoms with Crippen molar-refractivity contribution in [1.82, 2.24) is 5.32 Å². The Morgan fingerprint density at radius 3 is 2.52 bits per heavy atom. The molecule has 0 atom stereocenters.